The van der Waals surface area contributed by atoms with Gasteiger partial charge in [-0.15, -0.1) is 0 Å². The second kappa shape index (κ2) is 7.44. The summed E-state index contributed by atoms with van der Waals surface area (Å²) in [5, 5.41) is 0. The molecule has 2 saturated heterocycles. The van der Waals surface area contributed by atoms with Crippen LogP contribution in [0.5, 0.6) is 5.88 Å². The van der Waals surface area contributed by atoms with Crippen LogP contribution in [-0.2, 0) is 0 Å². The number of anilines is 1. The third kappa shape index (κ3) is 4.60. The summed E-state index contributed by atoms with van der Waals surface area (Å²) in [5.41, 5.74) is 1.37. The molecule has 0 saturated carbocycles. The molecule has 25 heavy (non-hydrogen) atoms. The van der Waals surface area contributed by atoms with Crippen molar-refractivity contribution < 1.29 is 13.5 Å². The molecule has 2 aliphatic rings. The Kier molecular flexibility index (Phi) is 5.46. The Balaban J connectivity index is 1.50. The van der Waals surface area contributed by atoms with Crippen LogP contribution >= 0.6 is 0 Å². The molecule has 1 aromatic heterocycles. The third-order valence-electron chi connectivity index (χ3n) is 5.72. The van der Waals surface area contributed by atoms with Gasteiger partial charge in [0.05, 0.1) is 11.9 Å². The first kappa shape index (κ1) is 18.4. The minimum atomic E-state index is -2.83. The summed E-state index contributed by atoms with van der Waals surface area (Å²) in [5.74, 6) is 0.760. The maximum atomic E-state index is 12.2. The molecule has 1 aromatic rings. The van der Waals surface area contributed by atoms with Gasteiger partial charge in [-0.1, -0.05) is 20.8 Å². The van der Waals surface area contributed by atoms with E-state index in [1.807, 2.05) is 6.07 Å². The minimum Gasteiger partial charge on any atom is -0.417 e. The molecule has 0 bridgehead atoms. The number of halogens is 2. The number of nitrogens with zero attached hydrogens (tertiary/aromatic N) is 3. The fourth-order valence-electron chi connectivity index (χ4n) is 4.04. The SMILES string of the molecule is CC(C)(C)C1CCN(C2CCN(c3ccc(OC(F)F)nc3)CC2)C1. The Morgan fingerprint density at radius 3 is 2.36 bits per heavy atom. The number of rotatable bonds is 4. The highest BCUT2D eigenvalue weighted by Gasteiger charge is 2.35. The Hall–Kier alpha value is -1.43. The Bertz CT molecular complexity index is 551. The van der Waals surface area contributed by atoms with Crippen molar-refractivity contribution in [3.63, 3.8) is 0 Å². The second-order valence-corrected chi connectivity index (χ2v) is 8.30. The molecule has 2 fully saturated rings. The summed E-state index contributed by atoms with van der Waals surface area (Å²) in [6, 6.07) is 4.00. The molecule has 0 spiro atoms. The summed E-state index contributed by atoms with van der Waals surface area (Å²) < 4.78 is 28.7. The number of hydrogen-bond acceptors (Lipinski definition) is 4. The van der Waals surface area contributed by atoms with E-state index in [2.05, 4.69) is 40.3 Å². The van der Waals surface area contributed by atoms with Gasteiger partial charge in [0.1, 0.15) is 0 Å². The van der Waals surface area contributed by atoms with E-state index in [0.29, 0.717) is 11.5 Å². The van der Waals surface area contributed by atoms with Gasteiger partial charge in [-0.3, -0.25) is 4.90 Å². The quantitative estimate of drug-likeness (QED) is 0.817. The van der Waals surface area contributed by atoms with Crippen LogP contribution in [0.2, 0.25) is 0 Å². The molecular formula is C19H29F2N3O. The summed E-state index contributed by atoms with van der Waals surface area (Å²) in [6.07, 6.45) is 5.22. The Morgan fingerprint density at radius 2 is 1.84 bits per heavy atom. The van der Waals surface area contributed by atoms with E-state index >= 15 is 0 Å². The number of aromatic nitrogens is 1. The maximum absolute atomic E-state index is 12.2. The molecule has 1 unspecified atom stereocenters. The summed E-state index contributed by atoms with van der Waals surface area (Å²) in [7, 11) is 0. The van der Waals surface area contributed by atoms with E-state index in [1.54, 1.807) is 6.20 Å². The average Bonchev–Trinajstić information content (AvgIpc) is 3.05. The highest BCUT2D eigenvalue weighted by molar-refractivity contribution is 5.45. The normalized spacial score (nSPS) is 23.4. The molecule has 2 aliphatic heterocycles. The topological polar surface area (TPSA) is 28.6 Å². The van der Waals surface area contributed by atoms with Crippen molar-refractivity contribution in [3.05, 3.63) is 18.3 Å². The van der Waals surface area contributed by atoms with E-state index in [9.17, 15) is 8.78 Å². The summed E-state index contributed by atoms with van der Waals surface area (Å²) in [4.78, 5) is 8.93. The van der Waals surface area contributed by atoms with Crippen molar-refractivity contribution in [2.45, 2.75) is 52.7 Å². The van der Waals surface area contributed by atoms with Crippen molar-refractivity contribution in [2.75, 3.05) is 31.1 Å². The molecule has 3 heterocycles. The fraction of sp³-hybridized carbons (Fsp3) is 0.737. The van der Waals surface area contributed by atoms with Crippen molar-refractivity contribution in [1.29, 1.82) is 0 Å². The molecular weight excluding hydrogens is 324 g/mol. The molecule has 3 rings (SSSR count). The van der Waals surface area contributed by atoms with Crippen LogP contribution in [0.4, 0.5) is 14.5 Å². The van der Waals surface area contributed by atoms with Gasteiger partial charge in [-0.2, -0.15) is 8.78 Å². The summed E-state index contributed by atoms with van der Waals surface area (Å²) in [6.45, 7) is 8.61. The van der Waals surface area contributed by atoms with Crippen LogP contribution in [0.3, 0.4) is 0 Å². The van der Waals surface area contributed by atoms with E-state index in [4.69, 9.17) is 0 Å². The zero-order valence-corrected chi connectivity index (χ0v) is 15.4. The highest BCUT2D eigenvalue weighted by Crippen LogP contribution is 2.36. The smallest absolute Gasteiger partial charge is 0.388 e. The molecule has 0 N–H and O–H groups in total. The molecule has 6 heteroatoms. The van der Waals surface area contributed by atoms with Gasteiger partial charge in [0, 0.05) is 31.7 Å². The lowest BCUT2D eigenvalue weighted by Gasteiger charge is -2.38. The molecule has 1 atom stereocenters. The number of likely N-dealkylation sites (tertiary alicyclic amines) is 1. The maximum Gasteiger partial charge on any atom is 0.388 e. The van der Waals surface area contributed by atoms with E-state index in [0.717, 1.165) is 37.5 Å². The fourth-order valence-corrected chi connectivity index (χ4v) is 4.04. The van der Waals surface area contributed by atoms with Crippen LogP contribution < -0.4 is 9.64 Å². The molecule has 0 amide bonds. The first-order chi connectivity index (χ1) is 11.8. The van der Waals surface area contributed by atoms with Crippen molar-refractivity contribution in [2.24, 2.45) is 11.3 Å². The number of pyridine rings is 1. The molecule has 0 radical (unpaired) electrons. The highest BCUT2D eigenvalue weighted by atomic mass is 19.3. The number of ether oxygens (including phenoxy) is 1. The van der Waals surface area contributed by atoms with Crippen LogP contribution in [0.1, 0.15) is 40.0 Å². The molecule has 4 nitrogen and oxygen atoms in total. The lowest BCUT2D eigenvalue weighted by molar-refractivity contribution is -0.0528. The average molecular weight is 353 g/mol. The Morgan fingerprint density at radius 1 is 1.12 bits per heavy atom. The third-order valence-corrected chi connectivity index (χ3v) is 5.72. The predicted molar refractivity (Wildman–Crippen MR) is 95.2 cm³/mol. The van der Waals surface area contributed by atoms with Gasteiger partial charge >= 0.3 is 6.61 Å². The van der Waals surface area contributed by atoms with Crippen LogP contribution in [0, 0.1) is 11.3 Å². The van der Waals surface area contributed by atoms with Gasteiger partial charge in [0.2, 0.25) is 5.88 Å². The van der Waals surface area contributed by atoms with Crippen molar-refractivity contribution in [3.8, 4) is 5.88 Å². The van der Waals surface area contributed by atoms with E-state index in [-0.39, 0.29) is 5.88 Å². The largest absolute Gasteiger partial charge is 0.417 e. The first-order valence-corrected chi connectivity index (χ1v) is 9.23. The van der Waals surface area contributed by atoms with Gasteiger partial charge < -0.3 is 9.64 Å². The molecule has 0 aliphatic carbocycles. The van der Waals surface area contributed by atoms with Crippen LogP contribution in [0.15, 0.2) is 18.3 Å². The first-order valence-electron chi connectivity index (χ1n) is 9.23. The second-order valence-electron chi connectivity index (χ2n) is 8.30. The lowest BCUT2D eigenvalue weighted by atomic mass is 9.80. The van der Waals surface area contributed by atoms with Crippen LogP contribution in [-0.4, -0.2) is 48.7 Å². The number of piperidine rings is 1. The lowest BCUT2D eigenvalue weighted by Crippen LogP contribution is -2.44. The summed E-state index contributed by atoms with van der Waals surface area (Å²) >= 11 is 0. The van der Waals surface area contributed by atoms with E-state index < -0.39 is 6.61 Å². The van der Waals surface area contributed by atoms with E-state index in [1.165, 1.54) is 25.6 Å². The van der Waals surface area contributed by atoms with Gasteiger partial charge in [0.25, 0.3) is 0 Å². The number of hydrogen-bond donors (Lipinski definition) is 0. The standard InChI is InChI=1S/C19H29F2N3O/c1-19(2,3)14-6-9-24(13-14)15-7-10-23(11-8-15)16-4-5-17(22-12-16)25-18(20)21/h4-5,12,14-15,18H,6-11,13H2,1-3H3. The zero-order chi connectivity index (χ0) is 18.0. The van der Waals surface area contributed by atoms with Crippen LogP contribution in [0.25, 0.3) is 0 Å². The number of alkyl halides is 2. The van der Waals surface area contributed by atoms with Crippen molar-refractivity contribution >= 4 is 5.69 Å². The monoisotopic (exact) mass is 353 g/mol. The van der Waals surface area contributed by atoms with Gasteiger partial charge in [0.15, 0.2) is 0 Å². The minimum absolute atomic E-state index is 0.0288. The molecule has 140 valence electrons. The zero-order valence-electron chi connectivity index (χ0n) is 15.4. The Labute approximate surface area is 149 Å². The predicted octanol–water partition coefficient (Wildman–Crippen LogP) is 4.02. The van der Waals surface area contributed by atoms with Crippen molar-refractivity contribution in [1.82, 2.24) is 9.88 Å². The van der Waals surface area contributed by atoms with Gasteiger partial charge in [-0.05, 0) is 43.2 Å². The van der Waals surface area contributed by atoms with Gasteiger partial charge in [-0.25, -0.2) is 4.98 Å². The molecule has 0 aromatic carbocycles.